The van der Waals surface area contributed by atoms with Gasteiger partial charge in [-0.15, -0.1) is 0 Å². The third-order valence-corrected chi connectivity index (χ3v) is 2.86. The number of alkyl carbamates (subject to hydrolysis) is 1. The standard InChI is InChI=1S/C12H10ClNO5/c13-8-4-2-1-3-7(8)6-18-10(15)5-9-11(16)19-12(17)14-9/h1-4,9H,5-6H2,(H,14,17)/t9-/m0/s1. The Morgan fingerprint density at radius 3 is 2.74 bits per heavy atom. The summed E-state index contributed by atoms with van der Waals surface area (Å²) >= 11 is 5.90. The van der Waals surface area contributed by atoms with E-state index in [1.807, 2.05) is 0 Å². The van der Waals surface area contributed by atoms with Crippen LogP contribution in [0.2, 0.25) is 5.02 Å². The lowest BCUT2D eigenvalue weighted by molar-refractivity contribution is -0.148. The Balaban J connectivity index is 1.84. The van der Waals surface area contributed by atoms with Crippen LogP contribution in [0.3, 0.4) is 0 Å². The highest BCUT2D eigenvalue weighted by atomic mass is 35.5. The zero-order chi connectivity index (χ0) is 13.8. The van der Waals surface area contributed by atoms with Gasteiger partial charge in [0.25, 0.3) is 0 Å². The van der Waals surface area contributed by atoms with Crippen molar-refractivity contribution in [2.45, 2.75) is 19.1 Å². The number of esters is 2. The minimum Gasteiger partial charge on any atom is -0.461 e. The first-order valence-corrected chi connectivity index (χ1v) is 5.85. The van der Waals surface area contributed by atoms with E-state index in [1.165, 1.54) is 0 Å². The second kappa shape index (κ2) is 5.71. The molecule has 0 spiro atoms. The van der Waals surface area contributed by atoms with Crippen molar-refractivity contribution in [3.8, 4) is 0 Å². The summed E-state index contributed by atoms with van der Waals surface area (Å²) in [5, 5.41) is 2.70. The molecule has 1 amide bonds. The minimum absolute atomic E-state index is 0.00816. The fourth-order valence-corrected chi connectivity index (χ4v) is 1.72. The molecule has 19 heavy (non-hydrogen) atoms. The number of carbonyl (C=O) groups excluding carboxylic acids is 3. The lowest BCUT2D eigenvalue weighted by Gasteiger charge is -2.08. The summed E-state index contributed by atoms with van der Waals surface area (Å²) in [5.74, 6) is -1.40. The maximum atomic E-state index is 11.5. The number of hydrogen-bond acceptors (Lipinski definition) is 5. The van der Waals surface area contributed by atoms with Crippen molar-refractivity contribution in [2.24, 2.45) is 0 Å². The molecule has 7 heteroatoms. The van der Waals surface area contributed by atoms with Crippen LogP contribution in [0.5, 0.6) is 0 Å². The quantitative estimate of drug-likeness (QED) is 0.667. The summed E-state index contributed by atoms with van der Waals surface area (Å²) in [7, 11) is 0. The van der Waals surface area contributed by atoms with E-state index in [0.717, 1.165) is 0 Å². The molecule has 0 saturated carbocycles. The lowest BCUT2D eigenvalue weighted by atomic mass is 10.2. The Morgan fingerprint density at radius 2 is 2.11 bits per heavy atom. The SMILES string of the molecule is O=C(C[C@@H]1NC(=O)OC1=O)OCc1ccccc1Cl. The molecule has 1 aromatic carbocycles. The second-order valence-electron chi connectivity index (χ2n) is 3.86. The van der Waals surface area contributed by atoms with Gasteiger partial charge in [0.1, 0.15) is 12.6 Å². The van der Waals surface area contributed by atoms with Gasteiger partial charge in [-0.2, -0.15) is 0 Å². The Hall–Kier alpha value is -2.08. The van der Waals surface area contributed by atoms with Crippen LogP contribution in [0.1, 0.15) is 12.0 Å². The first kappa shape index (κ1) is 13.4. The topological polar surface area (TPSA) is 81.7 Å². The molecule has 1 N–H and O–H groups in total. The zero-order valence-electron chi connectivity index (χ0n) is 9.72. The van der Waals surface area contributed by atoms with E-state index in [2.05, 4.69) is 10.1 Å². The summed E-state index contributed by atoms with van der Waals surface area (Å²) in [4.78, 5) is 33.4. The molecule has 1 saturated heterocycles. The Labute approximate surface area is 113 Å². The normalized spacial score (nSPS) is 17.8. The Bertz CT molecular complexity index is 531. The average molecular weight is 284 g/mol. The fourth-order valence-electron chi connectivity index (χ4n) is 1.53. The number of ether oxygens (including phenoxy) is 2. The van der Waals surface area contributed by atoms with Crippen molar-refractivity contribution < 1.29 is 23.9 Å². The van der Waals surface area contributed by atoms with Crippen molar-refractivity contribution in [1.82, 2.24) is 5.32 Å². The van der Waals surface area contributed by atoms with Crippen LogP contribution in [-0.2, 0) is 25.7 Å². The van der Waals surface area contributed by atoms with Gasteiger partial charge in [0.05, 0.1) is 6.42 Å². The Kier molecular flexibility index (Phi) is 4.01. The molecule has 1 heterocycles. The number of amides is 1. The molecule has 1 aliphatic rings. The molecule has 1 aromatic rings. The fraction of sp³-hybridized carbons (Fsp3) is 0.250. The van der Waals surface area contributed by atoms with Crippen molar-refractivity contribution in [3.63, 3.8) is 0 Å². The average Bonchev–Trinajstić information content (AvgIpc) is 2.67. The van der Waals surface area contributed by atoms with Gasteiger partial charge < -0.3 is 14.8 Å². The van der Waals surface area contributed by atoms with Gasteiger partial charge in [0.2, 0.25) is 0 Å². The van der Waals surface area contributed by atoms with Gasteiger partial charge in [0.15, 0.2) is 0 Å². The van der Waals surface area contributed by atoms with Crippen molar-refractivity contribution in [3.05, 3.63) is 34.9 Å². The largest absolute Gasteiger partial charge is 0.461 e. The number of nitrogens with one attached hydrogen (secondary N) is 1. The molecule has 0 radical (unpaired) electrons. The van der Waals surface area contributed by atoms with Gasteiger partial charge in [-0.1, -0.05) is 29.8 Å². The molecular weight excluding hydrogens is 274 g/mol. The summed E-state index contributed by atoms with van der Waals surface area (Å²) in [6.07, 6.45) is -1.12. The number of benzene rings is 1. The monoisotopic (exact) mass is 283 g/mol. The van der Waals surface area contributed by atoms with Crippen molar-refractivity contribution in [1.29, 1.82) is 0 Å². The number of hydrogen-bond donors (Lipinski definition) is 1. The number of rotatable bonds is 4. The molecule has 2 rings (SSSR count). The summed E-state index contributed by atoms with van der Waals surface area (Å²) in [5.41, 5.74) is 0.663. The van der Waals surface area contributed by atoms with Gasteiger partial charge in [-0.05, 0) is 6.07 Å². The number of cyclic esters (lactones) is 2. The smallest absolute Gasteiger partial charge is 0.415 e. The van der Waals surface area contributed by atoms with Crippen molar-refractivity contribution in [2.75, 3.05) is 0 Å². The van der Waals surface area contributed by atoms with Crippen LogP contribution in [0.15, 0.2) is 24.3 Å². The zero-order valence-corrected chi connectivity index (χ0v) is 10.5. The Morgan fingerprint density at radius 1 is 1.37 bits per heavy atom. The first-order valence-electron chi connectivity index (χ1n) is 5.47. The van der Waals surface area contributed by atoms with E-state index >= 15 is 0 Å². The molecule has 0 unspecified atom stereocenters. The summed E-state index contributed by atoms with van der Waals surface area (Å²) in [6, 6.07) is 5.95. The van der Waals surface area contributed by atoms with Crippen LogP contribution in [0, 0.1) is 0 Å². The maximum Gasteiger partial charge on any atom is 0.415 e. The van der Waals surface area contributed by atoms with E-state index in [9.17, 15) is 14.4 Å². The van der Waals surface area contributed by atoms with E-state index < -0.39 is 24.1 Å². The van der Waals surface area contributed by atoms with E-state index in [4.69, 9.17) is 16.3 Å². The highest BCUT2D eigenvalue weighted by Gasteiger charge is 2.34. The molecule has 100 valence electrons. The summed E-state index contributed by atoms with van der Waals surface area (Å²) < 4.78 is 9.21. The minimum atomic E-state index is -0.980. The molecule has 1 fully saturated rings. The molecule has 0 bridgehead atoms. The molecule has 1 aliphatic heterocycles. The lowest BCUT2D eigenvalue weighted by Crippen LogP contribution is -2.31. The third-order valence-electron chi connectivity index (χ3n) is 2.49. The van der Waals surface area contributed by atoms with Crippen LogP contribution >= 0.6 is 11.6 Å². The van der Waals surface area contributed by atoms with Gasteiger partial charge in [0, 0.05) is 10.6 Å². The molecule has 1 atom stereocenters. The number of halogens is 1. The third kappa shape index (κ3) is 3.45. The van der Waals surface area contributed by atoms with Crippen LogP contribution < -0.4 is 5.32 Å². The van der Waals surface area contributed by atoms with Gasteiger partial charge in [-0.25, -0.2) is 9.59 Å². The van der Waals surface area contributed by atoms with E-state index in [1.54, 1.807) is 24.3 Å². The van der Waals surface area contributed by atoms with Gasteiger partial charge >= 0.3 is 18.0 Å². The molecule has 0 aromatic heterocycles. The molecular formula is C12H10ClNO5. The van der Waals surface area contributed by atoms with Crippen LogP contribution in [0.25, 0.3) is 0 Å². The van der Waals surface area contributed by atoms with Crippen molar-refractivity contribution >= 4 is 29.6 Å². The van der Waals surface area contributed by atoms with Crippen LogP contribution in [0.4, 0.5) is 4.79 Å². The predicted molar refractivity (Wildman–Crippen MR) is 64.3 cm³/mol. The first-order chi connectivity index (χ1) is 9.06. The number of carbonyl (C=O) groups is 3. The van der Waals surface area contributed by atoms with Crippen LogP contribution in [-0.4, -0.2) is 24.1 Å². The van der Waals surface area contributed by atoms with E-state index in [0.29, 0.717) is 10.6 Å². The molecule has 0 aliphatic carbocycles. The molecule has 6 nitrogen and oxygen atoms in total. The van der Waals surface area contributed by atoms with E-state index in [-0.39, 0.29) is 13.0 Å². The highest BCUT2D eigenvalue weighted by Crippen LogP contribution is 2.16. The second-order valence-corrected chi connectivity index (χ2v) is 4.27. The summed E-state index contributed by atoms with van der Waals surface area (Å²) in [6.45, 7) is 0.00816. The van der Waals surface area contributed by atoms with Gasteiger partial charge in [-0.3, -0.25) is 4.79 Å². The maximum absolute atomic E-state index is 11.5. The highest BCUT2D eigenvalue weighted by molar-refractivity contribution is 6.31. The predicted octanol–water partition coefficient (Wildman–Crippen LogP) is 1.41.